The molecule has 2 heterocycles. The highest BCUT2D eigenvalue weighted by Crippen LogP contribution is 2.18. The molecule has 0 radical (unpaired) electrons. The Kier molecular flexibility index (Phi) is 5.40. The number of ether oxygens (including phenoxy) is 1. The van der Waals surface area contributed by atoms with Gasteiger partial charge in [-0.1, -0.05) is 0 Å². The first kappa shape index (κ1) is 16.0. The highest BCUT2D eigenvalue weighted by molar-refractivity contribution is 5.34. The van der Waals surface area contributed by atoms with Crippen LogP contribution in [0.15, 0.2) is 6.07 Å². The van der Waals surface area contributed by atoms with E-state index in [4.69, 9.17) is 10.00 Å². The molecule has 5 nitrogen and oxygen atoms in total. The number of hydrogen-bond acceptors (Lipinski definition) is 4. The highest BCUT2D eigenvalue weighted by Gasteiger charge is 2.20. The van der Waals surface area contributed by atoms with E-state index >= 15 is 0 Å². The third kappa shape index (κ3) is 4.07. The van der Waals surface area contributed by atoms with Crippen LogP contribution >= 0.6 is 0 Å². The third-order valence-electron chi connectivity index (χ3n) is 4.19. The smallest absolute Gasteiger partial charge is 0.120 e. The molecular weight excluding hydrogens is 264 g/mol. The average molecular weight is 290 g/mol. The summed E-state index contributed by atoms with van der Waals surface area (Å²) in [4.78, 5) is 4.67. The molecule has 1 aliphatic heterocycles. The summed E-state index contributed by atoms with van der Waals surface area (Å²) >= 11 is 0. The van der Waals surface area contributed by atoms with Gasteiger partial charge in [-0.15, -0.1) is 0 Å². The first-order valence-electron chi connectivity index (χ1n) is 7.51. The lowest BCUT2D eigenvalue weighted by atomic mass is 10.1. The molecule has 0 spiro atoms. The number of hydrogen-bond donors (Lipinski definition) is 0. The summed E-state index contributed by atoms with van der Waals surface area (Å²) in [5.41, 5.74) is 3.17. The molecule has 0 unspecified atom stereocenters. The highest BCUT2D eigenvalue weighted by atomic mass is 16.5. The summed E-state index contributed by atoms with van der Waals surface area (Å²) in [6.45, 7) is 7.67. The van der Waals surface area contributed by atoms with Crippen LogP contribution in [-0.4, -0.2) is 61.3 Å². The molecule has 1 fully saturated rings. The van der Waals surface area contributed by atoms with Gasteiger partial charge in [-0.2, -0.15) is 5.26 Å². The molecule has 5 heteroatoms. The second-order valence-corrected chi connectivity index (χ2v) is 6.25. The Morgan fingerprint density at radius 2 is 2.24 bits per heavy atom. The maximum atomic E-state index is 9.14. The van der Waals surface area contributed by atoms with Crippen molar-refractivity contribution < 1.29 is 4.74 Å². The lowest BCUT2D eigenvalue weighted by Gasteiger charge is -2.25. The first-order chi connectivity index (χ1) is 10.0. The summed E-state index contributed by atoms with van der Waals surface area (Å²) in [5.74, 6) is 0.543. The fourth-order valence-corrected chi connectivity index (χ4v) is 2.99. The topological polar surface area (TPSA) is 44.4 Å². The van der Waals surface area contributed by atoms with Crippen molar-refractivity contribution in [2.45, 2.75) is 13.5 Å². The SMILES string of the molecule is Cc1c(CN2CCOC[C@@H](CN(C)C)C2)cc(C#N)n1C. The minimum absolute atomic E-state index is 0.543. The van der Waals surface area contributed by atoms with Crippen LogP contribution in [0.25, 0.3) is 0 Å². The van der Waals surface area contributed by atoms with Crippen molar-refractivity contribution in [3.05, 3.63) is 23.0 Å². The quantitative estimate of drug-likeness (QED) is 0.836. The Balaban J connectivity index is 2.05. The first-order valence-corrected chi connectivity index (χ1v) is 7.51. The van der Waals surface area contributed by atoms with Gasteiger partial charge in [0.2, 0.25) is 0 Å². The zero-order chi connectivity index (χ0) is 15.4. The van der Waals surface area contributed by atoms with E-state index in [-0.39, 0.29) is 0 Å². The van der Waals surface area contributed by atoms with Crippen molar-refractivity contribution in [3.8, 4) is 6.07 Å². The monoisotopic (exact) mass is 290 g/mol. The van der Waals surface area contributed by atoms with Gasteiger partial charge in [0.25, 0.3) is 0 Å². The molecule has 1 aromatic heterocycles. The predicted octanol–water partition coefficient (Wildman–Crippen LogP) is 1.22. The number of rotatable bonds is 4. The zero-order valence-corrected chi connectivity index (χ0v) is 13.6. The molecule has 0 amide bonds. The van der Waals surface area contributed by atoms with E-state index in [0.29, 0.717) is 5.92 Å². The molecule has 0 saturated carbocycles. The van der Waals surface area contributed by atoms with Gasteiger partial charge in [-0.3, -0.25) is 4.90 Å². The van der Waals surface area contributed by atoms with Crippen LogP contribution in [0.1, 0.15) is 17.0 Å². The minimum atomic E-state index is 0.543. The van der Waals surface area contributed by atoms with Gasteiger partial charge in [-0.05, 0) is 32.6 Å². The van der Waals surface area contributed by atoms with Crippen LogP contribution < -0.4 is 0 Å². The summed E-state index contributed by atoms with van der Waals surface area (Å²) in [7, 11) is 6.17. The van der Waals surface area contributed by atoms with E-state index in [9.17, 15) is 0 Å². The van der Waals surface area contributed by atoms with Crippen molar-refractivity contribution >= 4 is 0 Å². The Morgan fingerprint density at radius 3 is 2.86 bits per heavy atom. The van der Waals surface area contributed by atoms with Gasteiger partial charge in [0, 0.05) is 44.8 Å². The van der Waals surface area contributed by atoms with E-state index in [1.54, 1.807) is 0 Å². The molecule has 1 aromatic rings. The van der Waals surface area contributed by atoms with Gasteiger partial charge in [-0.25, -0.2) is 0 Å². The predicted molar refractivity (Wildman–Crippen MR) is 83.0 cm³/mol. The second-order valence-electron chi connectivity index (χ2n) is 6.25. The Hall–Kier alpha value is -1.35. The summed E-state index contributed by atoms with van der Waals surface area (Å²) in [5, 5.41) is 9.14. The Morgan fingerprint density at radius 1 is 1.48 bits per heavy atom. The molecule has 21 heavy (non-hydrogen) atoms. The van der Waals surface area contributed by atoms with Gasteiger partial charge in [0.15, 0.2) is 0 Å². The molecular formula is C16H26N4O. The van der Waals surface area contributed by atoms with Crippen molar-refractivity contribution in [1.29, 1.82) is 5.26 Å². The largest absolute Gasteiger partial charge is 0.380 e. The van der Waals surface area contributed by atoms with E-state index in [1.807, 2.05) is 17.7 Å². The molecule has 116 valence electrons. The Bertz CT molecular complexity index is 515. The molecule has 0 bridgehead atoms. The third-order valence-corrected chi connectivity index (χ3v) is 4.19. The van der Waals surface area contributed by atoms with Gasteiger partial charge < -0.3 is 14.2 Å². The van der Waals surface area contributed by atoms with Crippen LogP contribution in [0.5, 0.6) is 0 Å². The fraction of sp³-hybridized carbons (Fsp3) is 0.688. The fourth-order valence-electron chi connectivity index (χ4n) is 2.99. The zero-order valence-electron chi connectivity index (χ0n) is 13.6. The van der Waals surface area contributed by atoms with E-state index in [1.165, 1.54) is 11.3 Å². The summed E-state index contributed by atoms with van der Waals surface area (Å²) in [6, 6.07) is 4.27. The van der Waals surface area contributed by atoms with E-state index in [0.717, 1.165) is 45.1 Å². The minimum Gasteiger partial charge on any atom is -0.380 e. The number of nitriles is 1. The van der Waals surface area contributed by atoms with Gasteiger partial charge in [0.1, 0.15) is 11.8 Å². The number of nitrogens with zero attached hydrogens (tertiary/aromatic N) is 4. The molecule has 2 rings (SSSR count). The second kappa shape index (κ2) is 7.08. The van der Waals surface area contributed by atoms with Crippen LogP contribution in [0, 0.1) is 24.2 Å². The van der Waals surface area contributed by atoms with Crippen LogP contribution in [0.3, 0.4) is 0 Å². The van der Waals surface area contributed by atoms with Crippen molar-refractivity contribution in [1.82, 2.24) is 14.4 Å². The van der Waals surface area contributed by atoms with E-state index < -0.39 is 0 Å². The van der Waals surface area contributed by atoms with Gasteiger partial charge in [0.05, 0.1) is 13.2 Å². The molecule has 0 N–H and O–H groups in total. The standard InChI is InChI=1S/C16H26N4O/c1-13-15(7-16(8-17)19(13)4)11-20-5-6-21-12-14(10-20)9-18(2)3/h7,14H,5-6,9-12H2,1-4H3/t14-/m0/s1. The van der Waals surface area contributed by atoms with Crippen LogP contribution in [-0.2, 0) is 18.3 Å². The van der Waals surface area contributed by atoms with Crippen LogP contribution in [0.2, 0.25) is 0 Å². The average Bonchev–Trinajstić information content (AvgIpc) is 2.61. The molecule has 1 aliphatic rings. The summed E-state index contributed by atoms with van der Waals surface area (Å²) < 4.78 is 7.70. The molecule has 1 saturated heterocycles. The lowest BCUT2D eigenvalue weighted by Crippen LogP contribution is -2.34. The summed E-state index contributed by atoms with van der Waals surface area (Å²) in [6.07, 6.45) is 0. The maximum Gasteiger partial charge on any atom is 0.120 e. The molecule has 0 aliphatic carbocycles. The van der Waals surface area contributed by atoms with E-state index in [2.05, 4.69) is 36.9 Å². The van der Waals surface area contributed by atoms with Crippen LogP contribution in [0.4, 0.5) is 0 Å². The maximum absolute atomic E-state index is 9.14. The normalized spacial score (nSPS) is 20.5. The number of aromatic nitrogens is 1. The van der Waals surface area contributed by atoms with Gasteiger partial charge >= 0.3 is 0 Å². The lowest BCUT2D eigenvalue weighted by molar-refractivity contribution is 0.112. The Labute approximate surface area is 127 Å². The molecule has 0 aromatic carbocycles. The molecule has 1 atom stereocenters. The van der Waals surface area contributed by atoms with Crippen molar-refractivity contribution in [2.75, 3.05) is 46.9 Å². The van der Waals surface area contributed by atoms with Crippen molar-refractivity contribution in [2.24, 2.45) is 13.0 Å². The van der Waals surface area contributed by atoms with Crippen molar-refractivity contribution in [3.63, 3.8) is 0 Å².